The lowest BCUT2D eigenvalue weighted by molar-refractivity contribution is -0.116. The Labute approximate surface area is 184 Å². The molecule has 8 heteroatoms. The van der Waals surface area contributed by atoms with Crippen molar-refractivity contribution in [3.8, 4) is 0 Å². The number of nitrogens with one attached hydrogen (secondary N) is 3. The van der Waals surface area contributed by atoms with Gasteiger partial charge in [0.1, 0.15) is 0 Å². The number of hydrogen-bond acceptors (Lipinski definition) is 3. The van der Waals surface area contributed by atoms with Crippen molar-refractivity contribution in [2.75, 3.05) is 38.5 Å². The first kappa shape index (κ1) is 24.0. The molecule has 0 radical (unpaired) electrons. The van der Waals surface area contributed by atoms with E-state index in [-0.39, 0.29) is 29.9 Å². The van der Waals surface area contributed by atoms with Gasteiger partial charge in [-0.2, -0.15) is 0 Å². The minimum absolute atomic E-state index is 0. The summed E-state index contributed by atoms with van der Waals surface area (Å²) in [5.41, 5.74) is 1.71. The van der Waals surface area contributed by atoms with Gasteiger partial charge in [-0.1, -0.05) is 24.6 Å². The second-order valence-electron chi connectivity index (χ2n) is 6.59. The van der Waals surface area contributed by atoms with Crippen molar-refractivity contribution in [3.05, 3.63) is 28.8 Å². The molecular weight excluding hydrogens is 477 g/mol. The maximum atomic E-state index is 12.1. The first-order valence-electron chi connectivity index (χ1n) is 9.28. The molecule has 1 atom stereocenters. The molecule has 0 spiro atoms. The Kier molecular flexibility index (Phi) is 11.0. The van der Waals surface area contributed by atoms with Crippen molar-refractivity contribution >= 4 is 53.1 Å². The first-order chi connectivity index (χ1) is 12.5. The molecule has 0 bridgehead atoms. The molecule has 1 aromatic carbocycles. The van der Waals surface area contributed by atoms with Gasteiger partial charge in [-0.15, -0.1) is 24.0 Å². The van der Waals surface area contributed by atoms with Crippen molar-refractivity contribution in [2.45, 2.75) is 39.2 Å². The summed E-state index contributed by atoms with van der Waals surface area (Å²) in [6.45, 7) is 7.81. The predicted molar refractivity (Wildman–Crippen MR) is 124 cm³/mol. The highest BCUT2D eigenvalue weighted by Crippen LogP contribution is 2.22. The molecule has 0 aliphatic carbocycles. The molecule has 1 aliphatic rings. The highest BCUT2D eigenvalue weighted by atomic mass is 127. The van der Waals surface area contributed by atoms with Gasteiger partial charge in [0.05, 0.1) is 10.7 Å². The molecule has 27 heavy (non-hydrogen) atoms. The zero-order chi connectivity index (χ0) is 18.9. The van der Waals surface area contributed by atoms with Gasteiger partial charge < -0.3 is 16.0 Å². The van der Waals surface area contributed by atoms with Crippen LogP contribution in [0.15, 0.2) is 23.2 Å². The van der Waals surface area contributed by atoms with E-state index < -0.39 is 0 Å². The van der Waals surface area contributed by atoms with Crippen LogP contribution in [0.25, 0.3) is 0 Å². The second kappa shape index (κ2) is 12.4. The SMILES string of the molecule is CCN1CCCC1CNC(=NC)NCCC(=O)Nc1ccc(C)cc1Cl.I. The highest BCUT2D eigenvalue weighted by Gasteiger charge is 2.22. The number of aliphatic imine (C=N–C) groups is 1. The number of carbonyl (C=O) groups is 1. The fraction of sp³-hybridized carbons (Fsp3) is 0.579. The summed E-state index contributed by atoms with van der Waals surface area (Å²) in [4.78, 5) is 18.8. The van der Waals surface area contributed by atoms with Gasteiger partial charge in [0, 0.05) is 32.6 Å². The third-order valence-corrected chi connectivity index (χ3v) is 4.99. The minimum atomic E-state index is -0.0772. The number of rotatable bonds is 7. The number of nitrogens with zero attached hydrogens (tertiary/aromatic N) is 2. The van der Waals surface area contributed by atoms with Gasteiger partial charge in [-0.05, 0) is 50.6 Å². The molecule has 0 saturated carbocycles. The lowest BCUT2D eigenvalue weighted by Gasteiger charge is -2.23. The van der Waals surface area contributed by atoms with Gasteiger partial charge in [0.15, 0.2) is 5.96 Å². The smallest absolute Gasteiger partial charge is 0.226 e. The summed E-state index contributed by atoms with van der Waals surface area (Å²) in [6.07, 6.45) is 2.82. The average Bonchev–Trinajstić information content (AvgIpc) is 3.08. The standard InChI is InChI=1S/C19H30ClN5O.HI/c1-4-25-11-5-6-15(25)13-23-19(21-3)22-10-9-18(26)24-17-8-7-14(2)12-16(17)20;/h7-8,12,15H,4-6,9-11,13H2,1-3H3,(H,24,26)(H2,21,22,23);1H. The number of likely N-dealkylation sites (N-methyl/N-ethyl adjacent to an activating group) is 1. The van der Waals surface area contributed by atoms with E-state index in [4.69, 9.17) is 11.6 Å². The number of likely N-dealkylation sites (tertiary alicyclic amines) is 1. The number of hydrogen-bond donors (Lipinski definition) is 3. The number of amides is 1. The average molecular weight is 508 g/mol. The molecule has 6 nitrogen and oxygen atoms in total. The molecule has 1 amide bonds. The molecule has 0 aromatic heterocycles. The van der Waals surface area contributed by atoms with E-state index in [0.29, 0.717) is 29.7 Å². The number of carbonyl (C=O) groups excluding carboxylic acids is 1. The van der Waals surface area contributed by atoms with Crippen LogP contribution < -0.4 is 16.0 Å². The lowest BCUT2D eigenvalue weighted by atomic mass is 10.2. The zero-order valence-electron chi connectivity index (χ0n) is 16.3. The van der Waals surface area contributed by atoms with E-state index >= 15 is 0 Å². The number of anilines is 1. The normalized spacial score (nSPS) is 17.3. The van der Waals surface area contributed by atoms with Gasteiger partial charge >= 0.3 is 0 Å². The number of benzene rings is 1. The summed E-state index contributed by atoms with van der Waals surface area (Å²) in [5, 5.41) is 9.95. The first-order valence-corrected chi connectivity index (χ1v) is 9.65. The van der Waals surface area contributed by atoms with Crippen LogP contribution >= 0.6 is 35.6 Å². The molecule has 1 unspecified atom stereocenters. The molecule has 2 rings (SSSR count). The third-order valence-electron chi connectivity index (χ3n) is 4.68. The van der Waals surface area contributed by atoms with Crippen LogP contribution in [0.4, 0.5) is 5.69 Å². The molecule has 1 fully saturated rings. The molecule has 1 heterocycles. The van der Waals surface area contributed by atoms with Crippen LogP contribution in [0.5, 0.6) is 0 Å². The van der Waals surface area contributed by atoms with E-state index in [0.717, 1.165) is 24.6 Å². The zero-order valence-corrected chi connectivity index (χ0v) is 19.4. The summed E-state index contributed by atoms with van der Waals surface area (Å²) in [5.74, 6) is 0.653. The molecule has 1 saturated heterocycles. The van der Waals surface area contributed by atoms with Gasteiger partial charge in [0.2, 0.25) is 5.91 Å². The van der Waals surface area contributed by atoms with E-state index in [1.165, 1.54) is 19.4 Å². The van der Waals surface area contributed by atoms with Crippen LogP contribution in [0.1, 0.15) is 31.7 Å². The van der Waals surface area contributed by atoms with Crippen LogP contribution in [-0.4, -0.2) is 56.0 Å². The van der Waals surface area contributed by atoms with Crippen molar-refractivity contribution in [3.63, 3.8) is 0 Å². The van der Waals surface area contributed by atoms with Crippen LogP contribution in [0.3, 0.4) is 0 Å². The Bertz CT molecular complexity index is 641. The van der Waals surface area contributed by atoms with E-state index in [1.807, 2.05) is 25.1 Å². The summed E-state index contributed by atoms with van der Waals surface area (Å²) in [6, 6.07) is 6.15. The summed E-state index contributed by atoms with van der Waals surface area (Å²) in [7, 11) is 1.74. The molecule has 3 N–H and O–H groups in total. The third kappa shape index (κ3) is 7.83. The largest absolute Gasteiger partial charge is 0.356 e. The topological polar surface area (TPSA) is 68.8 Å². The molecule has 1 aromatic rings. The molecular formula is C19H31ClIN5O. The number of guanidine groups is 1. The van der Waals surface area contributed by atoms with Gasteiger partial charge in [0.25, 0.3) is 0 Å². The Morgan fingerprint density at radius 1 is 1.37 bits per heavy atom. The monoisotopic (exact) mass is 507 g/mol. The summed E-state index contributed by atoms with van der Waals surface area (Å²) < 4.78 is 0. The maximum Gasteiger partial charge on any atom is 0.226 e. The number of aryl methyl sites for hydroxylation is 1. The number of halogens is 2. The summed E-state index contributed by atoms with van der Waals surface area (Å²) >= 11 is 6.14. The van der Waals surface area contributed by atoms with Crippen molar-refractivity contribution in [2.24, 2.45) is 4.99 Å². The fourth-order valence-electron chi connectivity index (χ4n) is 3.21. The van der Waals surface area contributed by atoms with E-state index in [2.05, 4.69) is 32.8 Å². The Morgan fingerprint density at radius 2 is 2.15 bits per heavy atom. The van der Waals surface area contributed by atoms with Gasteiger partial charge in [-0.25, -0.2) is 0 Å². The molecule has 152 valence electrons. The lowest BCUT2D eigenvalue weighted by Crippen LogP contribution is -2.45. The Morgan fingerprint density at radius 3 is 2.81 bits per heavy atom. The van der Waals surface area contributed by atoms with Crippen LogP contribution in [-0.2, 0) is 4.79 Å². The van der Waals surface area contributed by atoms with Crippen LogP contribution in [0.2, 0.25) is 5.02 Å². The van der Waals surface area contributed by atoms with Crippen LogP contribution in [0, 0.1) is 6.92 Å². The van der Waals surface area contributed by atoms with Gasteiger partial charge in [-0.3, -0.25) is 14.7 Å². The Balaban J connectivity index is 0.00000364. The quantitative estimate of drug-likeness (QED) is 0.301. The van der Waals surface area contributed by atoms with Crippen molar-refractivity contribution < 1.29 is 4.79 Å². The Hall–Kier alpha value is -1.06. The fourth-order valence-corrected chi connectivity index (χ4v) is 3.49. The molecule has 1 aliphatic heterocycles. The maximum absolute atomic E-state index is 12.1. The highest BCUT2D eigenvalue weighted by molar-refractivity contribution is 14.0. The second-order valence-corrected chi connectivity index (χ2v) is 6.99. The van der Waals surface area contributed by atoms with E-state index in [9.17, 15) is 4.79 Å². The minimum Gasteiger partial charge on any atom is -0.356 e. The van der Waals surface area contributed by atoms with Crippen molar-refractivity contribution in [1.29, 1.82) is 0 Å². The van der Waals surface area contributed by atoms with Crippen molar-refractivity contribution in [1.82, 2.24) is 15.5 Å². The van der Waals surface area contributed by atoms with E-state index in [1.54, 1.807) is 7.05 Å². The predicted octanol–water partition coefficient (Wildman–Crippen LogP) is 3.24.